The van der Waals surface area contributed by atoms with Gasteiger partial charge in [-0.25, -0.2) is 4.39 Å². The maximum Gasteiger partial charge on any atom is 0.313 e. The average Bonchev–Trinajstić information content (AvgIpc) is 2.96. The van der Waals surface area contributed by atoms with Gasteiger partial charge in [-0.05, 0) is 49.2 Å². The van der Waals surface area contributed by atoms with E-state index in [0.717, 1.165) is 11.1 Å². The van der Waals surface area contributed by atoms with Crippen LogP contribution in [0.1, 0.15) is 21.8 Å². The van der Waals surface area contributed by atoms with Gasteiger partial charge >= 0.3 is 11.8 Å². The lowest BCUT2D eigenvalue weighted by Gasteiger charge is -2.05. The minimum Gasteiger partial charge on any atom is -0.412 e. The van der Waals surface area contributed by atoms with Gasteiger partial charge in [0.15, 0.2) is 0 Å². The molecule has 0 aliphatic carbocycles. The largest absolute Gasteiger partial charge is 0.412 e. The number of nitrogens with one attached hydrogen (secondary N) is 1. The molecule has 5 nitrogen and oxygen atoms in total. The van der Waals surface area contributed by atoms with E-state index in [-0.39, 0.29) is 17.3 Å². The summed E-state index contributed by atoms with van der Waals surface area (Å²) in [7, 11) is 0. The maximum absolute atomic E-state index is 13.7. The van der Waals surface area contributed by atoms with E-state index in [0.29, 0.717) is 5.69 Å². The number of amides is 1. The molecule has 1 aromatic heterocycles. The van der Waals surface area contributed by atoms with Crippen LogP contribution in [0.3, 0.4) is 0 Å². The molecule has 0 unspecified atom stereocenters. The highest BCUT2D eigenvalue weighted by Crippen LogP contribution is 2.21. The lowest BCUT2D eigenvalue weighted by Crippen LogP contribution is -2.12. The van der Waals surface area contributed by atoms with Crippen molar-refractivity contribution < 1.29 is 13.6 Å². The third-order valence-corrected chi connectivity index (χ3v) is 3.20. The molecular weight excluding hydrogens is 297 g/mol. The molecule has 3 aromatic rings. The second-order valence-corrected chi connectivity index (χ2v) is 5.22. The third-order valence-electron chi connectivity index (χ3n) is 3.20. The topological polar surface area (TPSA) is 68.0 Å². The first kappa shape index (κ1) is 14.9. The highest BCUT2D eigenvalue weighted by molar-refractivity contribution is 6.01. The number of aromatic nitrogens is 2. The number of rotatable bonds is 3. The molecule has 2 aromatic carbocycles. The van der Waals surface area contributed by atoms with Crippen LogP contribution >= 0.6 is 0 Å². The number of hydrogen-bond donors (Lipinski definition) is 1. The number of hydrogen-bond acceptors (Lipinski definition) is 4. The number of halogens is 1. The standard InChI is InChI=1S/C17H14FN3O2/c1-10-7-11(2)9-12(8-10)19-15(22)17-21-20-16(23-17)13-5-3-4-6-14(13)18/h3-9H,1-2H3,(H,19,22). The average molecular weight is 311 g/mol. The molecule has 0 aliphatic heterocycles. The van der Waals surface area contributed by atoms with E-state index < -0.39 is 11.7 Å². The number of carbonyl (C=O) groups is 1. The number of anilines is 1. The normalized spacial score (nSPS) is 10.6. The second-order valence-electron chi connectivity index (χ2n) is 5.22. The summed E-state index contributed by atoms with van der Waals surface area (Å²) >= 11 is 0. The first-order valence-electron chi connectivity index (χ1n) is 7.01. The van der Waals surface area contributed by atoms with E-state index in [1.807, 2.05) is 32.0 Å². The van der Waals surface area contributed by atoms with E-state index in [9.17, 15) is 9.18 Å². The number of benzene rings is 2. The van der Waals surface area contributed by atoms with Crippen molar-refractivity contribution in [3.63, 3.8) is 0 Å². The van der Waals surface area contributed by atoms with Gasteiger partial charge in [-0.1, -0.05) is 18.2 Å². The van der Waals surface area contributed by atoms with Gasteiger partial charge in [0.25, 0.3) is 5.89 Å². The fourth-order valence-electron chi connectivity index (χ4n) is 2.29. The molecule has 6 heteroatoms. The van der Waals surface area contributed by atoms with Crippen LogP contribution in [0.25, 0.3) is 11.5 Å². The maximum atomic E-state index is 13.7. The van der Waals surface area contributed by atoms with Crippen LogP contribution in [0.15, 0.2) is 46.9 Å². The first-order chi connectivity index (χ1) is 11.0. The summed E-state index contributed by atoms with van der Waals surface area (Å²) in [5.74, 6) is -1.28. The predicted molar refractivity (Wildman–Crippen MR) is 83.6 cm³/mol. The molecule has 1 N–H and O–H groups in total. The summed E-state index contributed by atoms with van der Waals surface area (Å²) < 4.78 is 19.0. The Morgan fingerprint density at radius 2 is 1.78 bits per heavy atom. The molecule has 0 saturated carbocycles. The number of nitrogens with zero attached hydrogens (tertiary/aromatic N) is 2. The van der Waals surface area contributed by atoms with E-state index in [4.69, 9.17) is 4.42 Å². The summed E-state index contributed by atoms with van der Waals surface area (Å²) in [5, 5.41) is 10.1. The summed E-state index contributed by atoms with van der Waals surface area (Å²) in [4.78, 5) is 12.2. The first-order valence-corrected chi connectivity index (χ1v) is 7.01. The van der Waals surface area contributed by atoms with E-state index in [1.165, 1.54) is 12.1 Å². The molecule has 1 amide bonds. The van der Waals surface area contributed by atoms with Crippen molar-refractivity contribution >= 4 is 11.6 Å². The Labute approximate surface area is 132 Å². The lowest BCUT2D eigenvalue weighted by atomic mass is 10.1. The fourth-order valence-corrected chi connectivity index (χ4v) is 2.29. The summed E-state index contributed by atoms with van der Waals surface area (Å²) in [5.41, 5.74) is 2.85. The zero-order chi connectivity index (χ0) is 16.4. The Balaban J connectivity index is 1.83. The van der Waals surface area contributed by atoms with Gasteiger partial charge in [0.2, 0.25) is 0 Å². The van der Waals surface area contributed by atoms with Gasteiger partial charge in [0.1, 0.15) is 5.82 Å². The van der Waals surface area contributed by atoms with Crippen molar-refractivity contribution in [2.24, 2.45) is 0 Å². The quantitative estimate of drug-likeness (QED) is 0.800. The van der Waals surface area contributed by atoms with Crippen LogP contribution in [0.2, 0.25) is 0 Å². The van der Waals surface area contributed by atoms with E-state index >= 15 is 0 Å². The van der Waals surface area contributed by atoms with Crippen LogP contribution in [0.4, 0.5) is 10.1 Å². The van der Waals surface area contributed by atoms with Crippen LogP contribution in [0, 0.1) is 19.7 Å². The van der Waals surface area contributed by atoms with Crippen LogP contribution in [-0.2, 0) is 0 Å². The van der Waals surface area contributed by atoms with Crippen molar-refractivity contribution in [3.05, 3.63) is 65.3 Å². The highest BCUT2D eigenvalue weighted by Gasteiger charge is 2.18. The zero-order valence-electron chi connectivity index (χ0n) is 12.6. The van der Waals surface area contributed by atoms with Crippen LogP contribution < -0.4 is 5.32 Å². The molecule has 0 bridgehead atoms. The summed E-state index contributed by atoms with van der Waals surface area (Å²) in [6.07, 6.45) is 0. The molecule has 23 heavy (non-hydrogen) atoms. The third kappa shape index (κ3) is 3.26. The van der Waals surface area contributed by atoms with E-state index in [2.05, 4.69) is 15.5 Å². The van der Waals surface area contributed by atoms with Gasteiger partial charge in [-0.2, -0.15) is 0 Å². The molecule has 0 saturated heterocycles. The minimum atomic E-state index is -0.537. The second kappa shape index (κ2) is 6.00. The Kier molecular flexibility index (Phi) is 3.89. The van der Waals surface area contributed by atoms with Crippen molar-refractivity contribution in [1.82, 2.24) is 10.2 Å². The Hall–Kier alpha value is -3.02. The predicted octanol–water partition coefficient (Wildman–Crippen LogP) is 3.74. The van der Waals surface area contributed by atoms with Crippen molar-refractivity contribution in [2.75, 3.05) is 5.32 Å². The van der Waals surface area contributed by atoms with Crippen molar-refractivity contribution in [2.45, 2.75) is 13.8 Å². The minimum absolute atomic E-state index is 0.0336. The van der Waals surface area contributed by atoms with Gasteiger partial charge in [0, 0.05) is 5.69 Å². The van der Waals surface area contributed by atoms with Gasteiger partial charge < -0.3 is 9.73 Å². The van der Waals surface area contributed by atoms with Crippen LogP contribution in [-0.4, -0.2) is 16.1 Å². The van der Waals surface area contributed by atoms with Gasteiger partial charge in [0.05, 0.1) is 5.56 Å². The fraction of sp³-hybridized carbons (Fsp3) is 0.118. The SMILES string of the molecule is Cc1cc(C)cc(NC(=O)c2nnc(-c3ccccc3F)o2)c1. The van der Waals surface area contributed by atoms with Gasteiger partial charge in [-0.15, -0.1) is 10.2 Å². The molecule has 116 valence electrons. The molecule has 0 aliphatic rings. The summed E-state index contributed by atoms with van der Waals surface area (Å²) in [6.45, 7) is 3.87. The zero-order valence-corrected chi connectivity index (χ0v) is 12.6. The Morgan fingerprint density at radius 1 is 1.09 bits per heavy atom. The molecular formula is C17H14FN3O2. The molecule has 0 spiro atoms. The highest BCUT2D eigenvalue weighted by atomic mass is 19.1. The monoisotopic (exact) mass is 311 g/mol. The molecule has 0 fully saturated rings. The molecule has 0 radical (unpaired) electrons. The van der Waals surface area contributed by atoms with Crippen LogP contribution in [0.5, 0.6) is 0 Å². The molecule has 0 atom stereocenters. The lowest BCUT2D eigenvalue weighted by molar-refractivity contribution is 0.0991. The van der Waals surface area contributed by atoms with Crippen molar-refractivity contribution in [3.8, 4) is 11.5 Å². The molecule has 3 rings (SSSR count). The number of carbonyl (C=O) groups excluding carboxylic acids is 1. The van der Waals surface area contributed by atoms with Gasteiger partial charge in [-0.3, -0.25) is 4.79 Å². The number of aryl methyl sites for hydroxylation is 2. The van der Waals surface area contributed by atoms with E-state index in [1.54, 1.807) is 12.1 Å². The molecule has 1 heterocycles. The van der Waals surface area contributed by atoms with Crippen molar-refractivity contribution in [1.29, 1.82) is 0 Å². The Morgan fingerprint density at radius 3 is 2.48 bits per heavy atom. The Bertz CT molecular complexity index is 854. The summed E-state index contributed by atoms with van der Waals surface area (Å²) in [6, 6.07) is 11.7. The smallest absolute Gasteiger partial charge is 0.313 e.